The van der Waals surface area contributed by atoms with Crippen LogP contribution in [0.4, 0.5) is 5.69 Å². The van der Waals surface area contributed by atoms with E-state index < -0.39 is 12.0 Å². The van der Waals surface area contributed by atoms with Gasteiger partial charge in [0.15, 0.2) is 6.04 Å². The maximum atomic E-state index is 11.9. The minimum Gasteiger partial charge on any atom is -0.508 e. The molecule has 0 aliphatic heterocycles. The molecule has 2 aromatic carbocycles. The van der Waals surface area contributed by atoms with Gasteiger partial charge in [0.05, 0.1) is 17.8 Å². The number of para-hydroxylation sites is 1. The molecule has 0 saturated heterocycles. The standard InChI is InChI=1S/C15H14ClNO3/c1-20-15(19)14(10-5-4-6-11(18)9-10)17-13-8-3-2-7-12(13)16/h2-9,14,17-18H,1H3. The van der Waals surface area contributed by atoms with Gasteiger partial charge in [0.25, 0.3) is 0 Å². The summed E-state index contributed by atoms with van der Waals surface area (Å²) in [4.78, 5) is 11.9. The molecule has 0 aliphatic carbocycles. The molecule has 20 heavy (non-hydrogen) atoms. The van der Waals surface area contributed by atoms with E-state index in [1.165, 1.54) is 19.2 Å². The number of rotatable bonds is 4. The van der Waals surface area contributed by atoms with Crippen LogP contribution in [0.2, 0.25) is 5.02 Å². The number of phenolic OH excluding ortho intramolecular Hbond substituents is 1. The molecule has 4 nitrogen and oxygen atoms in total. The molecule has 0 spiro atoms. The van der Waals surface area contributed by atoms with Crippen molar-refractivity contribution < 1.29 is 14.6 Å². The number of phenols is 1. The minimum absolute atomic E-state index is 0.0809. The van der Waals surface area contributed by atoms with E-state index in [1.807, 2.05) is 6.07 Å². The number of hydrogen-bond acceptors (Lipinski definition) is 4. The lowest BCUT2D eigenvalue weighted by molar-refractivity contribution is -0.141. The van der Waals surface area contributed by atoms with Gasteiger partial charge in [-0.15, -0.1) is 0 Å². The SMILES string of the molecule is COC(=O)C(Nc1ccccc1Cl)c1cccc(O)c1. The number of nitrogens with one attached hydrogen (secondary N) is 1. The second-order valence-electron chi connectivity index (χ2n) is 4.18. The number of hydrogen-bond donors (Lipinski definition) is 2. The van der Waals surface area contributed by atoms with Crippen LogP contribution < -0.4 is 5.32 Å². The third kappa shape index (κ3) is 3.22. The van der Waals surface area contributed by atoms with Crippen LogP contribution in [0.5, 0.6) is 5.75 Å². The molecule has 1 atom stereocenters. The summed E-state index contributed by atoms with van der Waals surface area (Å²) in [5.41, 5.74) is 1.21. The highest BCUT2D eigenvalue weighted by Crippen LogP contribution is 2.28. The second-order valence-corrected chi connectivity index (χ2v) is 4.58. The number of methoxy groups -OCH3 is 1. The molecule has 5 heteroatoms. The summed E-state index contributed by atoms with van der Waals surface area (Å²) < 4.78 is 4.79. The number of benzene rings is 2. The average Bonchev–Trinajstić information content (AvgIpc) is 2.45. The molecule has 2 rings (SSSR count). The molecule has 0 fully saturated rings. The van der Waals surface area contributed by atoms with Gasteiger partial charge in [-0.1, -0.05) is 35.9 Å². The highest BCUT2D eigenvalue weighted by atomic mass is 35.5. The lowest BCUT2D eigenvalue weighted by Gasteiger charge is -2.19. The lowest BCUT2D eigenvalue weighted by Crippen LogP contribution is -2.22. The van der Waals surface area contributed by atoms with E-state index in [-0.39, 0.29) is 5.75 Å². The van der Waals surface area contributed by atoms with Crippen LogP contribution in [-0.2, 0) is 9.53 Å². The zero-order chi connectivity index (χ0) is 14.5. The maximum absolute atomic E-state index is 11.9. The Bertz CT molecular complexity index is 616. The predicted molar refractivity (Wildman–Crippen MR) is 77.9 cm³/mol. The molecule has 2 N–H and O–H groups in total. The van der Waals surface area contributed by atoms with Crippen molar-refractivity contribution in [1.29, 1.82) is 0 Å². The van der Waals surface area contributed by atoms with Gasteiger partial charge in [-0.3, -0.25) is 0 Å². The van der Waals surface area contributed by atoms with Gasteiger partial charge < -0.3 is 15.2 Å². The first-order chi connectivity index (χ1) is 9.61. The van der Waals surface area contributed by atoms with E-state index in [9.17, 15) is 9.90 Å². The summed E-state index contributed by atoms with van der Waals surface area (Å²) >= 11 is 6.07. The Labute approximate surface area is 122 Å². The molecule has 1 unspecified atom stereocenters. The summed E-state index contributed by atoms with van der Waals surface area (Å²) in [6.07, 6.45) is 0. The molecule has 0 aliphatic rings. The normalized spacial score (nSPS) is 11.7. The van der Waals surface area contributed by atoms with Crippen LogP contribution in [0.15, 0.2) is 48.5 Å². The Morgan fingerprint density at radius 1 is 1.25 bits per heavy atom. The predicted octanol–water partition coefficient (Wildman–Crippen LogP) is 3.37. The molecular formula is C15H14ClNO3. The number of esters is 1. The largest absolute Gasteiger partial charge is 0.508 e. The van der Waals surface area contributed by atoms with E-state index in [0.29, 0.717) is 16.3 Å². The second kappa shape index (κ2) is 6.30. The van der Waals surface area contributed by atoms with Crippen LogP contribution in [-0.4, -0.2) is 18.2 Å². The lowest BCUT2D eigenvalue weighted by atomic mass is 10.1. The van der Waals surface area contributed by atoms with E-state index >= 15 is 0 Å². The summed E-state index contributed by atoms with van der Waals surface area (Å²) in [6, 6.07) is 12.8. The summed E-state index contributed by atoms with van der Waals surface area (Å²) in [6.45, 7) is 0. The molecule has 0 amide bonds. The van der Waals surface area contributed by atoms with Crippen molar-refractivity contribution in [2.24, 2.45) is 0 Å². The van der Waals surface area contributed by atoms with Crippen molar-refractivity contribution in [2.45, 2.75) is 6.04 Å². The quantitative estimate of drug-likeness (QED) is 0.848. The van der Waals surface area contributed by atoms with Crippen LogP contribution in [0, 0.1) is 0 Å². The first-order valence-corrected chi connectivity index (χ1v) is 6.37. The fraction of sp³-hybridized carbons (Fsp3) is 0.133. The van der Waals surface area contributed by atoms with E-state index in [4.69, 9.17) is 16.3 Å². The van der Waals surface area contributed by atoms with Crippen molar-refractivity contribution in [3.05, 3.63) is 59.1 Å². The zero-order valence-electron chi connectivity index (χ0n) is 10.8. The molecule has 0 bridgehead atoms. The number of aromatic hydroxyl groups is 1. The molecule has 0 radical (unpaired) electrons. The number of carbonyl (C=O) groups is 1. The Morgan fingerprint density at radius 3 is 2.65 bits per heavy atom. The summed E-state index contributed by atoms with van der Waals surface area (Å²) in [5.74, 6) is -0.382. The van der Waals surface area contributed by atoms with Gasteiger partial charge in [-0.05, 0) is 29.8 Å². The number of anilines is 1. The van der Waals surface area contributed by atoms with Gasteiger partial charge in [0.1, 0.15) is 5.75 Å². The van der Waals surface area contributed by atoms with Gasteiger partial charge in [-0.2, -0.15) is 0 Å². The van der Waals surface area contributed by atoms with Crippen molar-refractivity contribution in [3.8, 4) is 5.75 Å². The first-order valence-electron chi connectivity index (χ1n) is 5.99. The Balaban J connectivity index is 2.34. The van der Waals surface area contributed by atoms with E-state index in [0.717, 1.165) is 0 Å². The Kier molecular flexibility index (Phi) is 4.48. The molecular weight excluding hydrogens is 278 g/mol. The van der Waals surface area contributed by atoms with Crippen molar-refractivity contribution >= 4 is 23.3 Å². The average molecular weight is 292 g/mol. The minimum atomic E-state index is -0.744. The van der Waals surface area contributed by atoms with Crippen LogP contribution in [0.1, 0.15) is 11.6 Å². The van der Waals surface area contributed by atoms with Crippen LogP contribution in [0.25, 0.3) is 0 Å². The van der Waals surface area contributed by atoms with Crippen molar-refractivity contribution in [1.82, 2.24) is 0 Å². The van der Waals surface area contributed by atoms with Crippen LogP contribution in [0.3, 0.4) is 0 Å². The van der Waals surface area contributed by atoms with Crippen LogP contribution >= 0.6 is 11.6 Å². The van der Waals surface area contributed by atoms with Crippen molar-refractivity contribution in [3.63, 3.8) is 0 Å². The third-order valence-corrected chi connectivity index (χ3v) is 3.14. The van der Waals surface area contributed by atoms with Crippen molar-refractivity contribution in [2.75, 3.05) is 12.4 Å². The highest BCUT2D eigenvalue weighted by Gasteiger charge is 2.22. The van der Waals surface area contributed by atoms with Gasteiger partial charge >= 0.3 is 5.97 Å². The summed E-state index contributed by atoms with van der Waals surface area (Å²) in [5, 5.41) is 13.1. The monoisotopic (exact) mass is 291 g/mol. The summed E-state index contributed by atoms with van der Waals surface area (Å²) in [7, 11) is 1.31. The number of ether oxygens (including phenoxy) is 1. The van der Waals surface area contributed by atoms with E-state index in [1.54, 1.807) is 30.3 Å². The molecule has 104 valence electrons. The topological polar surface area (TPSA) is 58.6 Å². The molecule has 0 saturated carbocycles. The molecule has 0 aromatic heterocycles. The zero-order valence-corrected chi connectivity index (χ0v) is 11.6. The number of halogens is 1. The third-order valence-electron chi connectivity index (χ3n) is 2.81. The fourth-order valence-electron chi connectivity index (χ4n) is 1.83. The maximum Gasteiger partial charge on any atom is 0.332 e. The van der Waals surface area contributed by atoms with Gasteiger partial charge in [0, 0.05) is 0 Å². The Hall–Kier alpha value is -2.20. The molecule has 2 aromatic rings. The molecule has 0 heterocycles. The van der Waals surface area contributed by atoms with Gasteiger partial charge in [0.2, 0.25) is 0 Å². The van der Waals surface area contributed by atoms with Gasteiger partial charge in [-0.25, -0.2) is 4.79 Å². The number of carbonyl (C=O) groups excluding carboxylic acids is 1. The first kappa shape index (κ1) is 14.2. The highest BCUT2D eigenvalue weighted by molar-refractivity contribution is 6.33. The fourth-order valence-corrected chi connectivity index (χ4v) is 2.02. The smallest absolute Gasteiger partial charge is 0.332 e. The van der Waals surface area contributed by atoms with E-state index in [2.05, 4.69) is 5.32 Å². The Morgan fingerprint density at radius 2 is 2.00 bits per heavy atom.